The Morgan fingerprint density at radius 2 is 2.08 bits per heavy atom. The van der Waals surface area contributed by atoms with Crippen molar-refractivity contribution >= 4 is 5.96 Å². The van der Waals surface area contributed by atoms with Gasteiger partial charge in [0.05, 0.1) is 0 Å². The number of hydrogen-bond acceptors (Lipinski definition) is 3. The Morgan fingerprint density at radius 1 is 1.31 bits per heavy atom. The zero-order valence-corrected chi connectivity index (χ0v) is 16.7. The van der Waals surface area contributed by atoms with Gasteiger partial charge in [-0.15, -0.1) is 0 Å². The first kappa shape index (κ1) is 20.7. The molecule has 0 spiro atoms. The fraction of sp³-hybridized carbons (Fsp3) is 0.667. The third-order valence-electron chi connectivity index (χ3n) is 4.77. The van der Waals surface area contributed by atoms with Crippen LogP contribution in [0.15, 0.2) is 29.3 Å². The molecule has 2 rings (SSSR count). The molecule has 1 aliphatic heterocycles. The van der Waals surface area contributed by atoms with Gasteiger partial charge in [-0.05, 0) is 50.2 Å². The van der Waals surface area contributed by atoms with Gasteiger partial charge in [0, 0.05) is 53.1 Å². The van der Waals surface area contributed by atoms with E-state index in [1.165, 1.54) is 11.1 Å². The number of ether oxygens (including phenoxy) is 2. The Kier molecular flexibility index (Phi) is 9.50. The van der Waals surface area contributed by atoms with E-state index in [0.717, 1.165) is 71.3 Å². The molecule has 1 aliphatic rings. The second-order valence-electron chi connectivity index (χ2n) is 7.00. The third-order valence-corrected chi connectivity index (χ3v) is 4.77. The van der Waals surface area contributed by atoms with Gasteiger partial charge in [0.2, 0.25) is 0 Å². The van der Waals surface area contributed by atoms with Gasteiger partial charge >= 0.3 is 0 Å². The van der Waals surface area contributed by atoms with E-state index in [0.29, 0.717) is 5.92 Å². The normalized spacial score (nSPS) is 15.9. The van der Waals surface area contributed by atoms with Crippen molar-refractivity contribution in [3.8, 4) is 0 Å². The molecule has 1 N–H and O–H groups in total. The molecule has 0 aliphatic carbocycles. The molecule has 0 bridgehead atoms. The molecule has 1 saturated heterocycles. The van der Waals surface area contributed by atoms with Gasteiger partial charge in [0.25, 0.3) is 0 Å². The molecule has 1 aromatic carbocycles. The largest absolute Gasteiger partial charge is 0.381 e. The Hall–Kier alpha value is -1.59. The van der Waals surface area contributed by atoms with Gasteiger partial charge in [-0.2, -0.15) is 0 Å². The van der Waals surface area contributed by atoms with Crippen LogP contribution in [0.2, 0.25) is 0 Å². The molecule has 1 fully saturated rings. The Labute approximate surface area is 158 Å². The van der Waals surface area contributed by atoms with Gasteiger partial charge in [-0.25, -0.2) is 0 Å². The third kappa shape index (κ3) is 7.34. The van der Waals surface area contributed by atoms with Crippen molar-refractivity contribution in [3.05, 3.63) is 35.4 Å². The molecule has 5 heteroatoms. The molecule has 1 aromatic rings. The van der Waals surface area contributed by atoms with Gasteiger partial charge in [-0.3, -0.25) is 4.99 Å². The van der Waals surface area contributed by atoms with Crippen LogP contribution in [0, 0.1) is 12.8 Å². The average Bonchev–Trinajstić information content (AvgIpc) is 2.66. The van der Waals surface area contributed by atoms with Crippen LogP contribution in [0.3, 0.4) is 0 Å². The smallest absolute Gasteiger partial charge is 0.193 e. The maximum Gasteiger partial charge on any atom is 0.193 e. The van der Waals surface area contributed by atoms with Crippen LogP contribution in [0.5, 0.6) is 0 Å². The summed E-state index contributed by atoms with van der Waals surface area (Å²) in [6.07, 6.45) is 3.22. The van der Waals surface area contributed by atoms with Crippen molar-refractivity contribution in [2.24, 2.45) is 10.9 Å². The Balaban J connectivity index is 1.72. The van der Waals surface area contributed by atoms with Crippen molar-refractivity contribution in [2.45, 2.75) is 39.7 Å². The van der Waals surface area contributed by atoms with Gasteiger partial charge in [-0.1, -0.05) is 24.3 Å². The first-order valence-electron chi connectivity index (χ1n) is 9.90. The minimum atomic E-state index is 0.671. The van der Waals surface area contributed by atoms with Crippen LogP contribution in [-0.2, 0) is 16.0 Å². The predicted molar refractivity (Wildman–Crippen MR) is 108 cm³/mol. The van der Waals surface area contributed by atoms with Gasteiger partial charge < -0.3 is 19.7 Å². The number of nitrogens with zero attached hydrogens (tertiary/aromatic N) is 2. The van der Waals surface area contributed by atoms with E-state index in [-0.39, 0.29) is 0 Å². The Morgan fingerprint density at radius 3 is 2.81 bits per heavy atom. The van der Waals surface area contributed by atoms with Crippen LogP contribution in [0.4, 0.5) is 0 Å². The molecule has 0 atom stereocenters. The lowest BCUT2D eigenvalue weighted by molar-refractivity contribution is 0.0205. The highest BCUT2D eigenvalue weighted by molar-refractivity contribution is 5.79. The fourth-order valence-corrected chi connectivity index (χ4v) is 3.10. The summed E-state index contributed by atoms with van der Waals surface area (Å²) in [6.45, 7) is 10.2. The van der Waals surface area contributed by atoms with Crippen molar-refractivity contribution < 1.29 is 9.47 Å². The van der Waals surface area contributed by atoms with Crippen LogP contribution >= 0.6 is 0 Å². The summed E-state index contributed by atoms with van der Waals surface area (Å²) in [5, 5.41) is 3.39. The summed E-state index contributed by atoms with van der Waals surface area (Å²) >= 11 is 0. The molecule has 26 heavy (non-hydrogen) atoms. The predicted octanol–water partition coefficient (Wildman–Crippen LogP) is 3.23. The lowest BCUT2D eigenvalue weighted by Gasteiger charge is -2.23. The highest BCUT2D eigenvalue weighted by Gasteiger charge is 2.13. The first-order chi connectivity index (χ1) is 12.7. The summed E-state index contributed by atoms with van der Waals surface area (Å²) in [5.74, 6) is 1.63. The second kappa shape index (κ2) is 11.9. The zero-order valence-electron chi connectivity index (χ0n) is 16.7. The number of nitrogens with one attached hydrogen (secondary N) is 1. The minimum absolute atomic E-state index is 0.671. The number of hydrogen-bond donors (Lipinski definition) is 1. The number of aryl methyl sites for hydroxylation is 1. The minimum Gasteiger partial charge on any atom is -0.381 e. The van der Waals surface area contributed by atoms with Crippen LogP contribution < -0.4 is 5.32 Å². The van der Waals surface area contributed by atoms with E-state index in [1.54, 1.807) is 0 Å². The summed E-state index contributed by atoms with van der Waals surface area (Å²) in [7, 11) is 2.09. The highest BCUT2D eigenvalue weighted by atomic mass is 16.5. The molecule has 0 aromatic heterocycles. The summed E-state index contributed by atoms with van der Waals surface area (Å²) in [4.78, 5) is 6.94. The molecule has 0 unspecified atom stereocenters. The molecule has 1 heterocycles. The van der Waals surface area contributed by atoms with Crippen molar-refractivity contribution in [1.82, 2.24) is 10.2 Å². The fourth-order valence-electron chi connectivity index (χ4n) is 3.10. The maximum absolute atomic E-state index is 5.83. The highest BCUT2D eigenvalue weighted by Crippen LogP contribution is 2.14. The molecular formula is C21H35N3O2. The van der Waals surface area contributed by atoms with E-state index in [2.05, 4.69) is 55.4 Å². The lowest BCUT2D eigenvalue weighted by atomic mass is 10.0. The van der Waals surface area contributed by atoms with E-state index >= 15 is 0 Å². The van der Waals surface area contributed by atoms with Crippen LogP contribution in [-0.4, -0.2) is 57.4 Å². The van der Waals surface area contributed by atoms with Crippen molar-refractivity contribution in [2.75, 3.05) is 46.6 Å². The standard InChI is InChI=1S/C21H35N3O2/c1-4-22-21(24(3)16-20-9-6-5-8-18(20)2)23-12-7-13-26-17-19-10-14-25-15-11-19/h5-6,8-9,19H,4,7,10-17H2,1-3H3,(H,22,23). The van der Waals surface area contributed by atoms with E-state index in [1.807, 2.05) is 0 Å². The quantitative estimate of drug-likeness (QED) is 0.417. The maximum atomic E-state index is 5.83. The molecule has 0 radical (unpaired) electrons. The number of guanidine groups is 1. The molecule has 0 amide bonds. The molecular weight excluding hydrogens is 326 g/mol. The van der Waals surface area contributed by atoms with E-state index in [4.69, 9.17) is 14.5 Å². The van der Waals surface area contributed by atoms with Crippen molar-refractivity contribution in [1.29, 1.82) is 0 Å². The zero-order chi connectivity index (χ0) is 18.6. The number of aliphatic imine (C=N–C) groups is 1. The summed E-state index contributed by atoms with van der Waals surface area (Å²) < 4.78 is 11.2. The summed E-state index contributed by atoms with van der Waals surface area (Å²) in [6, 6.07) is 8.51. The second-order valence-corrected chi connectivity index (χ2v) is 7.00. The Bertz CT molecular complexity index is 542. The average molecular weight is 362 g/mol. The van der Waals surface area contributed by atoms with Gasteiger partial charge in [0.15, 0.2) is 5.96 Å². The monoisotopic (exact) mass is 361 g/mol. The lowest BCUT2D eigenvalue weighted by Crippen LogP contribution is -2.38. The van der Waals surface area contributed by atoms with E-state index < -0.39 is 0 Å². The topological polar surface area (TPSA) is 46.1 Å². The van der Waals surface area contributed by atoms with Crippen molar-refractivity contribution in [3.63, 3.8) is 0 Å². The number of benzene rings is 1. The molecule has 146 valence electrons. The first-order valence-corrected chi connectivity index (χ1v) is 9.90. The van der Waals surface area contributed by atoms with Crippen LogP contribution in [0.25, 0.3) is 0 Å². The number of rotatable bonds is 9. The van der Waals surface area contributed by atoms with Gasteiger partial charge in [0.1, 0.15) is 0 Å². The summed E-state index contributed by atoms with van der Waals surface area (Å²) in [5.41, 5.74) is 2.65. The SMILES string of the molecule is CCNC(=NCCCOCC1CCOCC1)N(C)Cc1ccccc1C. The van der Waals surface area contributed by atoms with Crippen LogP contribution in [0.1, 0.15) is 37.3 Å². The van der Waals surface area contributed by atoms with E-state index in [9.17, 15) is 0 Å². The molecule has 0 saturated carbocycles. The molecule has 5 nitrogen and oxygen atoms in total.